The molecular weight excluding hydrogens is 280 g/mol. The van der Waals surface area contributed by atoms with Crippen LogP contribution in [-0.2, 0) is 0 Å². The molecule has 2 rings (SSSR count). The molecule has 0 saturated heterocycles. The molecule has 22 heavy (non-hydrogen) atoms. The number of ketones is 1. The third-order valence-corrected chi connectivity index (χ3v) is 2.95. The molecule has 0 spiro atoms. The SMILES string of the molecule is CCOc1ccccc1C(=O)COc1nc(C)ccc1C#N. The first-order chi connectivity index (χ1) is 10.7. The smallest absolute Gasteiger partial charge is 0.232 e. The van der Waals surface area contributed by atoms with Crippen molar-refractivity contribution < 1.29 is 14.3 Å². The van der Waals surface area contributed by atoms with Gasteiger partial charge in [-0.1, -0.05) is 12.1 Å². The molecule has 1 aromatic heterocycles. The lowest BCUT2D eigenvalue weighted by atomic mass is 10.1. The Morgan fingerprint density at radius 1 is 1.23 bits per heavy atom. The first kappa shape index (κ1) is 15.5. The second-order valence-electron chi connectivity index (χ2n) is 4.56. The molecule has 5 heteroatoms. The van der Waals surface area contributed by atoms with Gasteiger partial charge in [-0.2, -0.15) is 5.26 Å². The molecule has 112 valence electrons. The van der Waals surface area contributed by atoms with E-state index in [0.29, 0.717) is 23.5 Å². The summed E-state index contributed by atoms with van der Waals surface area (Å²) in [6, 6.07) is 12.3. The van der Waals surface area contributed by atoms with Crippen molar-refractivity contribution >= 4 is 5.78 Å². The molecule has 0 saturated carbocycles. The maximum atomic E-state index is 12.3. The number of benzene rings is 1. The van der Waals surface area contributed by atoms with E-state index in [1.807, 2.05) is 13.0 Å². The minimum absolute atomic E-state index is 0.171. The maximum Gasteiger partial charge on any atom is 0.232 e. The van der Waals surface area contributed by atoms with Crippen LogP contribution < -0.4 is 9.47 Å². The molecule has 0 aliphatic carbocycles. The van der Waals surface area contributed by atoms with Crippen LogP contribution in [0.25, 0.3) is 0 Å². The van der Waals surface area contributed by atoms with Crippen molar-refractivity contribution in [2.75, 3.05) is 13.2 Å². The van der Waals surface area contributed by atoms with Crippen LogP contribution in [0.3, 0.4) is 0 Å². The fraction of sp³-hybridized carbons (Fsp3) is 0.235. The van der Waals surface area contributed by atoms with E-state index in [4.69, 9.17) is 14.7 Å². The maximum absolute atomic E-state index is 12.3. The zero-order valence-electron chi connectivity index (χ0n) is 12.5. The highest BCUT2D eigenvalue weighted by atomic mass is 16.5. The Bertz CT molecular complexity index is 720. The van der Waals surface area contributed by atoms with Crippen molar-refractivity contribution in [3.05, 3.63) is 53.2 Å². The van der Waals surface area contributed by atoms with Crippen LogP contribution in [0.2, 0.25) is 0 Å². The summed E-state index contributed by atoms with van der Waals surface area (Å²) < 4.78 is 10.8. The highest BCUT2D eigenvalue weighted by molar-refractivity contribution is 5.99. The Balaban J connectivity index is 2.14. The van der Waals surface area contributed by atoms with E-state index >= 15 is 0 Å². The van der Waals surface area contributed by atoms with Crippen LogP contribution in [0.1, 0.15) is 28.5 Å². The van der Waals surface area contributed by atoms with E-state index in [9.17, 15) is 4.79 Å². The first-order valence-corrected chi connectivity index (χ1v) is 6.91. The molecule has 0 radical (unpaired) electrons. The number of hydrogen-bond acceptors (Lipinski definition) is 5. The van der Waals surface area contributed by atoms with Gasteiger partial charge in [-0.25, -0.2) is 4.98 Å². The Morgan fingerprint density at radius 2 is 2.00 bits per heavy atom. The fourth-order valence-electron chi connectivity index (χ4n) is 1.92. The monoisotopic (exact) mass is 296 g/mol. The van der Waals surface area contributed by atoms with Crippen LogP contribution in [0.15, 0.2) is 36.4 Å². The molecule has 0 unspecified atom stereocenters. The molecule has 0 fully saturated rings. The zero-order chi connectivity index (χ0) is 15.9. The standard InChI is InChI=1S/C17H16N2O3/c1-3-21-16-7-5-4-6-14(16)15(20)11-22-17-13(10-18)9-8-12(2)19-17/h4-9H,3,11H2,1-2H3. The van der Waals surface area contributed by atoms with E-state index in [0.717, 1.165) is 5.69 Å². The summed E-state index contributed by atoms with van der Waals surface area (Å²) in [5, 5.41) is 9.03. The van der Waals surface area contributed by atoms with Crippen molar-refractivity contribution in [3.8, 4) is 17.7 Å². The number of carbonyl (C=O) groups excluding carboxylic acids is 1. The number of carbonyl (C=O) groups is 1. The van der Waals surface area contributed by atoms with Gasteiger partial charge >= 0.3 is 0 Å². The van der Waals surface area contributed by atoms with E-state index < -0.39 is 0 Å². The summed E-state index contributed by atoms with van der Waals surface area (Å²) in [6.07, 6.45) is 0. The van der Waals surface area contributed by atoms with Crippen molar-refractivity contribution in [1.29, 1.82) is 5.26 Å². The van der Waals surface area contributed by atoms with Gasteiger partial charge in [0, 0.05) is 5.69 Å². The minimum atomic E-state index is -0.226. The van der Waals surface area contributed by atoms with Gasteiger partial charge < -0.3 is 9.47 Å². The van der Waals surface area contributed by atoms with Gasteiger partial charge in [-0.3, -0.25) is 4.79 Å². The quantitative estimate of drug-likeness (QED) is 0.766. The average Bonchev–Trinajstić information content (AvgIpc) is 2.53. The third kappa shape index (κ3) is 3.61. The molecule has 2 aromatic rings. The average molecular weight is 296 g/mol. The Hall–Kier alpha value is -2.87. The van der Waals surface area contributed by atoms with Gasteiger partial charge in [-0.05, 0) is 38.1 Å². The highest BCUT2D eigenvalue weighted by Gasteiger charge is 2.14. The molecule has 0 atom stereocenters. The molecule has 0 aliphatic rings. The number of aryl methyl sites for hydroxylation is 1. The lowest BCUT2D eigenvalue weighted by Crippen LogP contribution is -2.14. The number of nitriles is 1. The Kier molecular flexibility index (Phi) is 5.10. The third-order valence-electron chi connectivity index (χ3n) is 2.95. The van der Waals surface area contributed by atoms with Gasteiger partial charge in [0.15, 0.2) is 6.61 Å². The molecule has 0 aliphatic heterocycles. The number of rotatable bonds is 6. The lowest BCUT2D eigenvalue weighted by Gasteiger charge is -2.10. The number of pyridine rings is 1. The number of para-hydroxylation sites is 1. The van der Waals surface area contributed by atoms with Gasteiger partial charge in [-0.15, -0.1) is 0 Å². The second-order valence-corrected chi connectivity index (χ2v) is 4.56. The van der Waals surface area contributed by atoms with Crippen molar-refractivity contribution in [2.45, 2.75) is 13.8 Å². The molecule has 0 amide bonds. The van der Waals surface area contributed by atoms with E-state index in [1.54, 1.807) is 43.3 Å². The van der Waals surface area contributed by atoms with Crippen molar-refractivity contribution in [3.63, 3.8) is 0 Å². The summed E-state index contributed by atoms with van der Waals surface area (Å²) in [4.78, 5) is 16.4. The molecule has 5 nitrogen and oxygen atoms in total. The number of aromatic nitrogens is 1. The number of Topliss-reactive ketones (excluding diaryl/α,β-unsaturated/α-hetero) is 1. The van der Waals surface area contributed by atoms with Gasteiger partial charge in [0.05, 0.1) is 12.2 Å². The predicted molar refractivity (Wildman–Crippen MR) is 81.1 cm³/mol. The summed E-state index contributed by atoms with van der Waals surface area (Å²) in [7, 11) is 0. The summed E-state index contributed by atoms with van der Waals surface area (Å²) in [5.74, 6) is 0.470. The van der Waals surface area contributed by atoms with Gasteiger partial charge in [0.1, 0.15) is 17.4 Å². The first-order valence-electron chi connectivity index (χ1n) is 6.91. The van der Waals surface area contributed by atoms with Gasteiger partial charge in [0.2, 0.25) is 11.7 Å². The van der Waals surface area contributed by atoms with E-state index in [1.165, 1.54) is 0 Å². The highest BCUT2D eigenvalue weighted by Crippen LogP contribution is 2.20. The van der Waals surface area contributed by atoms with Crippen LogP contribution >= 0.6 is 0 Å². The van der Waals surface area contributed by atoms with Crippen LogP contribution in [-0.4, -0.2) is 24.0 Å². The molecule has 1 aromatic carbocycles. The topological polar surface area (TPSA) is 72.2 Å². The molecule has 1 heterocycles. The summed E-state index contributed by atoms with van der Waals surface area (Å²) in [5.41, 5.74) is 1.48. The number of hydrogen-bond donors (Lipinski definition) is 0. The number of ether oxygens (including phenoxy) is 2. The molecule has 0 N–H and O–H groups in total. The summed E-state index contributed by atoms with van der Waals surface area (Å²) in [6.45, 7) is 3.92. The Morgan fingerprint density at radius 3 is 2.73 bits per heavy atom. The van der Waals surface area contributed by atoms with Crippen LogP contribution in [0.5, 0.6) is 11.6 Å². The molecule has 0 bridgehead atoms. The lowest BCUT2D eigenvalue weighted by molar-refractivity contribution is 0.0914. The van der Waals surface area contributed by atoms with Crippen molar-refractivity contribution in [1.82, 2.24) is 4.98 Å². The second kappa shape index (κ2) is 7.23. The fourth-order valence-corrected chi connectivity index (χ4v) is 1.92. The van der Waals surface area contributed by atoms with E-state index in [2.05, 4.69) is 4.98 Å². The molecular formula is C17H16N2O3. The van der Waals surface area contributed by atoms with Crippen LogP contribution in [0, 0.1) is 18.3 Å². The summed E-state index contributed by atoms with van der Waals surface area (Å²) >= 11 is 0. The minimum Gasteiger partial charge on any atom is -0.493 e. The normalized spacial score (nSPS) is 9.86. The number of nitrogens with zero attached hydrogens (tertiary/aromatic N) is 2. The largest absolute Gasteiger partial charge is 0.493 e. The van der Waals surface area contributed by atoms with Crippen molar-refractivity contribution in [2.24, 2.45) is 0 Å². The van der Waals surface area contributed by atoms with E-state index in [-0.39, 0.29) is 18.3 Å². The Labute approximate surface area is 129 Å². The van der Waals surface area contributed by atoms with Crippen LogP contribution in [0.4, 0.5) is 0 Å². The van der Waals surface area contributed by atoms with Gasteiger partial charge in [0.25, 0.3) is 0 Å². The predicted octanol–water partition coefficient (Wildman–Crippen LogP) is 2.92. The zero-order valence-corrected chi connectivity index (χ0v) is 12.5.